The largest absolute Gasteiger partial charge is 0.211 e. The van der Waals surface area contributed by atoms with Gasteiger partial charge in [0.25, 0.3) is 0 Å². The summed E-state index contributed by atoms with van der Waals surface area (Å²) in [5.41, 5.74) is 3.15. The molecular weight excluding hydrogens is 246 g/mol. The summed E-state index contributed by atoms with van der Waals surface area (Å²) >= 11 is 6.41. The third-order valence-corrected chi connectivity index (χ3v) is 4.12. The zero-order valence-electron chi connectivity index (χ0n) is 11.7. The van der Waals surface area contributed by atoms with Crippen LogP contribution in [-0.4, -0.2) is 14.6 Å². The van der Waals surface area contributed by atoms with E-state index in [9.17, 15) is 0 Å². The van der Waals surface area contributed by atoms with Crippen LogP contribution in [0.15, 0.2) is 6.07 Å². The predicted molar refractivity (Wildman–Crippen MR) is 75.4 cm³/mol. The molecule has 0 radical (unpaired) electrons. The summed E-state index contributed by atoms with van der Waals surface area (Å²) in [6.07, 6.45) is 1.91. The van der Waals surface area contributed by atoms with Gasteiger partial charge in [0.1, 0.15) is 5.15 Å². The quantitative estimate of drug-likeness (QED) is 0.787. The molecule has 0 aliphatic carbocycles. The molecule has 2 heterocycles. The molecule has 2 aromatic rings. The van der Waals surface area contributed by atoms with Crippen LogP contribution in [-0.2, 0) is 11.8 Å². The molecule has 3 nitrogen and oxygen atoms in total. The summed E-state index contributed by atoms with van der Waals surface area (Å²) in [5.74, 6) is 0.861. The Morgan fingerprint density at radius 3 is 2.56 bits per heavy atom. The van der Waals surface area contributed by atoms with Gasteiger partial charge in [-0.1, -0.05) is 39.3 Å². The number of hydrogen-bond acceptors (Lipinski definition) is 2. The van der Waals surface area contributed by atoms with Crippen molar-refractivity contribution in [3.63, 3.8) is 0 Å². The van der Waals surface area contributed by atoms with Gasteiger partial charge < -0.3 is 0 Å². The molecule has 0 saturated carbocycles. The van der Waals surface area contributed by atoms with Crippen LogP contribution >= 0.6 is 11.6 Å². The molecular formula is C14H20ClN3. The fraction of sp³-hybridized carbons (Fsp3) is 0.571. The van der Waals surface area contributed by atoms with Gasteiger partial charge in [0.15, 0.2) is 11.5 Å². The van der Waals surface area contributed by atoms with E-state index < -0.39 is 0 Å². The van der Waals surface area contributed by atoms with Crippen LogP contribution in [0.2, 0.25) is 5.15 Å². The average Bonchev–Trinajstić information content (AvgIpc) is 2.74. The lowest BCUT2D eigenvalue weighted by molar-refractivity contribution is 0.473. The molecule has 4 heteroatoms. The Bertz CT molecular complexity index is 584. The van der Waals surface area contributed by atoms with Crippen molar-refractivity contribution in [2.24, 2.45) is 0 Å². The highest BCUT2D eigenvalue weighted by Gasteiger charge is 2.24. The fourth-order valence-electron chi connectivity index (χ4n) is 2.00. The lowest BCUT2D eigenvalue weighted by Gasteiger charge is -2.17. The van der Waals surface area contributed by atoms with Gasteiger partial charge in [0.2, 0.25) is 0 Å². The Labute approximate surface area is 113 Å². The van der Waals surface area contributed by atoms with E-state index in [4.69, 9.17) is 11.6 Å². The highest BCUT2D eigenvalue weighted by atomic mass is 35.5. The third kappa shape index (κ3) is 2.01. The van der Waals surface area contributed by atoms with Crippen molar-refractivity contribution in [1.29, 1.82) is 0 Å². The maximum atomic E-state index is 6.41. The first kappa shape index (κ1) is 13.3. The zero-order chi connectivity index (χ0) is 13.5. The van der Waals surface area contributed by atoms with E-state index in [0.717, 1.165) is 29.9 Å². The second-order valence-corrected chi connectivity index (χ2v) is 5.75. The third-order valence-electron chi connectivity index (χ3n) is 3.73. The van der Waals surface area contributed by atoms with Gasteiger partial charge in [0.05, 0.1) is 0 Å². The maximum absolute atomic E-state index is 6.41. The molecule has 0 unspecified atom stereocenters. The highest BCUT2D eigenvalue weighted by Crippen LogP contribution is 2.27. The van der Waals surface area contributed by atoms with Crippen molar-refractivity contribution in [3.8, 4) is 0 Å². The van der Waals surface area contributed by atoms with E-state index >= 15 is 0 Å². The highest BCUT2D eigenvalue weighted by molar-refractivity contribution is 6.30. The van der Waals surface area contributed by atoms with Crippen LogP contribution in [0.4, 0.5) is 0 Å². The van der Waals surface area contributed by atoms with Crippen molar-refractivity contribution < 1.29 is 0 Å². The van der Waals surface area contributed by atoms with Crippen LogP contribution in [0.25, 0.3) is 5.65 Å². The molecule has 0 aliphatic rings. The topological polar surface area (TPSA) is 30.2 Å². The SMILES string of the molecule is CCc1c(C)cc2nc(C(C)(C)CC)nn2c1Cl. The van der Waals surface area contributed by atoms with Gasteiger partial charge in [0, 0.05) is 5.41 Å². The van der Waals surface area contributed by atoms with Crippen molar-refractivity contribution in [1.82, 2.24) is 14.6 Å². The van der Waals surface area contributed by atoms with Crippen molar-refractivity contribution in [2.45, 2.75) is 52.9 Å². The Morgan fingerprint density at radius 2 is 2.00 bits per heavy atom. The lowest BCUT2D eigenvalue weighted by atomic mass is 9.90. The van der Waals surface area contributed by atoms with E-state index in [1.54, 1.807) is 4.52 Å². The van der Waals surface area contributed by atoms with Crippen molar-refractivity contribution >= 4 is 17.2 Å². The monoisotopic (exact) mass is 265 g/mol. The van der Waals surface area contributed by atoms with Crippen LogP contribution in [0, 0.1) is 6.92 Å². The van der Waals surface area contributed by atoms with Crippen molar-refractivity contribution in [3.05, 3.63) is 28.2 Å². The lowest BCUT2D eigenvalue weighted by Crippen LogP contribution is -2.17. The Morgan fingerprint density at radius 1 is 1.33 bits per heavy atom. The molecule has 0 N–H and O–H groups in total. The minimum atomic E-state index is -0.0182. The number of pyridine rings is 1. The van der Waals surface area contributed by atoms with E-state index in [1.165, 1.54) is 5.56 Å². The summed E-state index contributed by atoms with van der Waals surface area (Å²) in [6, 6.07) is 2.06. The molecule has 0 fully saturated rings. The van der Waals surface area contributed by atoms with Crippen LogP contribution in [0.3, 0.4) is 0 Å². The molecule has 0 spiro atoms. The van der Waals surface area contributed by atoms with E-state index in [0.29, 0.717) is 5.15 Å². The van der Waals surface area contributed by atoms with Gasteiger partial charge in [-0.15, -0.1) is 5.10 Å². The van der Waals surface area contributed by atoms with Gasteiger partial charge in [-0.05, 0) is 37.0 Å². The second-order valence-electron chi connectivity index (χ2n) is 5.39. The summed E-state index contributed by atoms with van der Waals surface area (Å²) in [5, 5.41) is 5.27. The Balaban J connectivity index is 2.69. The fourth-order valence-corrected chi connectivity index (χ4v) is 2.41. The number of halogens is 1. The van der Waals surface area contributed by atoms with Gasteiger partial charge in [-0.25, -0.2) is 9.50 Å². The summed E-state index contributed by atoms with van der Waals surface area (Å²) in [4.78, 5) is 4.62. The van der Waals surface area contributed by atoms with Crippen LogP contribution in [0.1, 0.15) is 51.1 Å². The molecule has 98 valence electrons. The molecule has 0 amide bonds. The minimum absolute atomic E-state index is 0.0182. The number of rotatable bonds is 3. The summed E-state index contributed by atoms with van der Waals surface area (Å²) < 4.78 is 1.76. The number of aromatic nitrogens is 3. The average molecular weight is 266 g/mol. The number of aryl methyl sites for hydroxylation is 1. The molecule has 0 aromatic carbocycles. The molecule has 2 rings (SSSR count). The second kappa shape index (κ2) is 4.54. The van der Waals surface area contributed by atoms with Crippen LogP contribution < -0.4 is 0 Å². The molecule has 18 heavy (non-hydrogen) atoms. The maximum Gasteiger partial charge on any atom is 0.157 e. The van der Waals surface area contributed by atoms with Gasteiger partial charge in [-0.2, -0.15) is 0 Å². The normalized spacial score (nSPS) is 12.3. The predicted octanol–water partition coefficient (Wildman–Crippen LogP) is 3.94. The summed E-state index contributed by atoms with van der Waals surface area (Å²) in [7, 11) is 0. The van der Waals surface area contributed by atoms with E-state index in [1.807, 2.05) is 0 Å². The molecule has 0 saturated heterocycles. The minimum Gasteiger partial charge on any atom is -0.211 e. The van der Waals surface area contributed by atoms with E-state index in [2.05, 4.69) is 50.8 Å². The Hall–Kier alpha value is -1.09. The standard InChI is InChI=1S/C14H20ClN3/c1-6-10-9(3)8-11-16-13(14(4,5)7-2)17-18(11)12(10)15/h8H,6-7H2,1-5H3. The van der Waals surface area contributed by atoms with Crippen molar-refractivity contribution in [2.75, 3.05) is 0 Å². The zero-order valence-corrected chi connectivity index (χ0v) is 12.5. The van der Waals surface area contributed by atoms with Crippen LogP contribution in [0.5, 0.6) is 0 Å². The number of fused-ring (bicyclic) bond motifs is 1. The van der Waals surface area contributed by atoms with Gasteiger partial charge in [-0.3, -0.25) is 0 Å². The number of nitrogens with zero attached hydrogens (tertiary/aromatic N) is 3. The van der Waals surface area contributed by atoms with E-state index in [-0.39, 0.29) is 5.41 Å². The first-order valence-corrected chi connectivity index (χ1v) is 6.83. The number of hydrogen-bond donors (Lipinski definition) is 0. The first-order valence-electron chi connectivity index (χ1n) is 6.46. The smallest absolute Gasteiger partial charge is 0.157 e. The molecule has 0 aliphatic heterocycles. The first-order chi connectivity index (χ1) is 8.40. The van der Waals surface area contributed by atoms with Gasteiger partial charge >= 0.3 is 0 Å². The molecule has 0 bridgehead atoms. The molecule has 2 aromatic heterocycles. The summed E-state index contributed by atoms with van der Waals surface area (Å²) in [6.45, 7) is 10.6. The Kier molecular flexibility index (Phi) is 3.37. The molecule has 0 atom stereocenters.